The molecule has 1 aliphatic heterocycles. The fraction of sp³-hybridized carbons (Fsp3) is 0.737. The predicted molar refractivity (Wildman–Crippen MR) is 108 cm³/mol. The van der Waals surface area contributed by atoms with Crippen LogP contribution < -0.4 is 5.32 Å². The molecular formula is C19H30N4O6S. The molecule has 2 heterocycles. The summed E-state index contributed by atoms with van der Waals surface area (Å²) in [7, 11) is -2.03. The van der Waals surface area contributed by atoms with Gasteiger partial charge in [-0.1, -0.05) is 18.0 Å². The second-order valence-electron chi connectivity index (χ2n) is 7.91. The third-order valence-corrected chi connectivity index (χ3v) is 7.20. The molecule has 2 fully saturated rings. The number of carbonyl (C=O) groups is 2. The normalized spacial score (nSPS) is 24.2. The number of methoxy groups -OCH3 is 1. The summed E-state index contributed by atoms with van der Waals surface area (Å²) in [5, 5.41) is 6.77. The third-order valence-electron chi connectivity index (χ3n) is 5.90. The number of nitrogens with zero attached hydrogens (tertiary/aromatic N) is 3. The van der Waals surface area contributed by atoms with Crippen molar-refractivity contribution in [1.82, 2.24) is 19.7 Å². The predicted octanol–water partition coefficient (Wildman–Crippen LogP) is 0.522. The third kappa shape index (κ3) is 4.84. The van der Waals surface area contributed by atoms with Crippen molar-refractivity contribution in [3.05, 3.63) is 17.0 Å². The van der Waals surface area contributed by atoms with Crippen molar-refractivity contribution in [3.63, 3.8) is 0 Å². The Hall–Kier alpha value is -1.98. The monoisotopic (exact) mass is 442 g/mol. The summed E-state index contributed by atoms with van der Waals surface area (Å²) in [5.74, 6) is -0.387. The van der Waals surface area contributed by atoms with Crippen molar-refractivity contribution in [1.29, 1.82) is 0 Å². The number of fused-ring (bicyclic) bond motifs is 1. The average molecular weight is 443 g/mol. The average Bonchev–Trinajstić information content (AvgIpc) is 3.06. The molecule has 11 heteroatoms. The van der Waals surface area contributed by atoms with Crippen LogP contribution in [0, 0.1) is 12.8 Å². The lowest BCUT2D eigenvalue weighted by Crippen LogP contribution is -2.55. The fourth-order valence-corrected chi connectivity index (χ4v) is 5.50. The molecule has 10 nitrogen and oxygen atoms in total. The molecule has 1 aromatic heterocycles. The maximum absolute atomic E-state index is 13.2. The van der Waals surface area contributed by atoms with Gasteiger partial charge < -0.3 is 19.5 Å². The van der Waals surface area contributed by atoms with E-state index in [9.17, 15) is 18.0 Å². The Bertz CT molecular complexity index is 884. The van der Waals surface area contributed by atoms with E-state index in [1.807, 2.05) is 0 Å². The van der Waals surface area contributed by atoms with E-state index >= 15 is 0 Å². The van der Waals surface area contributed by atoms with Crippen LogP contribution in [0.15, 0.2) is 4.52 Å². The minimum absolute atomic E-state index is 0.134. The van der Waals surface area contributed by atoms with E-state index in [1.165, 1.54) is 16.3 Å². The lowest BCUT2D eigenvalue weighted by atomic mass is 9.83. The van der Waals surface area contributed by atoms with E-state index in [0.29, 0.717) is 30.7 Å². The van der Waals surface area contributed by atoms with Gasteiger partial charge in [-0.15, -0.1) is 0 Å². The highest BCUT2D eigenvalue weighted by Crippen LogP contribution is 2.30. The zero-order chi connectivity index (χ0) is 21.9. The standard InChI is InChI=1S/C19H30N4O6S/c1-13-15(12-28-2)17(21-29-13)19(25)22-9-8-20-18(24)14-6-4-5-7-16(14)23(11-10-22)30(3,26)27/h14,16H,4-12H2,1-3H3,(H,20,24). The number of sulfonamides is 1. The van der Waals surface area contributed by atoms with Crippen molar-refractivity contribution in [3.8, 4) is 0 Å². The van der Waals surface area contributed by atoms with E-state index in [2.05, 4.69) is 10.5 Å². The van der Waals surface area contributed by atoms with E-state index in [0.717, 1.165) is 19.1 Å². The fourth-order valence-electron chi connectivity index (χ4n) is 4.34. The van der Waals surface area contributed by atoms with Gasteiger partial charge in [0.05, 0.1) is 24.3 Å². The zero-order valence-corrected chi connectivity index (χ0v) is 18.5. The molecule has 2 amide bonds. The highest BCUT2D eigenvalue weighted by Gasteiger charge is 2.39. The highest BCUT2D eigenvalue weighted by atomic mass is 32.2. The summed E-state index contributed by atoms with van der Waals surface area (Å²) in [4.78, 5) is 27.4. The number of aryl methyl sites for hydroxylation is 1. The molecule has 2 aliphatic rings. The Balaban J connectivity index is 1.87. The first kappa shape index (κ1) is 22.7. The van der Waals surface area contributed by atoms with Gasteiger partial charge in [0.2, 0.25) is 15.9 Å². The Morgan fingerprint density at radius 2 is 2.00 bits per heavy atom. The molecular weight excluding hydrogens is 412 g/mol. The summed E-state index contributed by atoms with van der Waals surface area (Å²) < 4.78 is 36.8. The van der Waals surface area contributed by atoms with Gasteiger partial charge in [0.1, 0.15) is 5.76 Å². The van der Waals surface area contributed by atoms with Crippen LogP contribution >= 0.6 is 0 Å². The van der Waals surface area contributed by atoms with E-state index in [1.54, 1.807) is 6.92 Å². The molecule has 0 bridgehead atoms. The molecule has 0 aromatic carbocycles. The molecule has 168 valence electrons. The summed E-state index contributed by atoms with van der Waals surface area (Å²) >= 11 is 0. The molecule has 30 heavy (non-hydrogen) atoms. The van der Waals surface area contributed by atoms with Crippen molar-refractivity contribution in [2.75, 3.05) is 39.5 Å². The first-order valence-corrected chi connectivity index (χ1v) is 12.1. The Kier molecular flexibility index (Phi) is 7.14. The molecule has 1 aliphatic carbocycles. The first-order chi connectivity index (χ1) is 14.2. The summed E-state index contributed by atoms with van der Waals surface area (Å²) in [6.45, 7) is 2.76. The van der Waals surface area contributed by atoms with Crippen LogP contribution in [0.5, 0.6) is 0 Å². The van der Waals surface area contributed by atoms with Gasteiger partial charge >= 0.3 is 0 Å². The number of rotatable bonds is 4. The summed E-state index contributed by atoms with van der Waals surface area (Å²) in [6, 6.07) is -0.387. The van der Waals surface area contributed by atoms with Gasteiger partial charge in [-0.25, -0.2) is 8.42 Å². The lowest BCUT2D eigenvalue weighted by molar-refractivity contribution is -0.127. The SMILES string of the molecule is COCc1c(C(=O)N2CCNC(=O)C3CCCCC3N(S(C)(=O)=O)CC2)noc1C. The van der Waals surface area contributed by atoms with Crippen LogP contribution in [0.3, 0.4) is 0 Å². The maximum Gasteiger partial charge on any atom is 0.276 e. The van der Waals surface area contributed by atoms with E-state index in [-0.39, 0.29) is 55.7 Å². The number of hydrogen-bond donors (Lipinski definition) is 1. The Labute approximate surface area is 176 Å². The van der Waals surface area contributed by atoms with Gasteiger partial charge in [0.15, 0.2) is 5.69 Å². The molecule has 1 aromatic rings. The van der Waals surface area contributed by atoms with Gasteiger partial charge in [-0.05, 0) is 19.8 Å². The van der Waals surface area contributed by atoms with Gasteiger partial charge in [-0.2, -0.15) is 4.31 Å². The molecule has 1 saturated carbocycles. The van der Waals surface area contributed by atoms with Crippen LogP contribution in [-0.2, 0) is 26.2 Å². The molecule has 0 spiro atoms. The number of aromatic nitrogens is 1. The van der Waals surface area contributed by atoms with Crippen molar-refractivity contribution in [2.45, 2.75) is 45.3 Å². The lowest BCUT2D eigenvalue weighted by Gasteiger charge is -2.39. The van der Waals surface area contributed by atoms with Gasteiger partial charge in [0, 0.05) is 39.3 Å². The topological polar surface area (TPSA) is 122 Å². The number of carbonyl (C=O) groups excluding carboxylic acids is 2. The van der Waals surface area contributed by atoms with Gasteiger partial charge in [0.25, 0.3) is 5.91 Å². The van der Waals surface area contributed by atoms with Crippen LogP contribution in [0.4, 0.5) is 0 Å². The highest BCUT2D eigenvalue weighted by molar-refractivity contribution is 7.88. The molecule has 0 radical (unpaired) electrons. The van der Waals surface area contributed by atoms with Crippen LogP contribution in [0.25, 0.3) is 0 Å². The van der Waals surface area contributed by atoms with Crippen molar-refractivity contribution < 1.29 is 27.3 Å². The Morgan fingerprint density at radius 1 is 1.27 bits per heavy atom. The smallest absolute Gasteiger partial charge is 0.276 e. The van der Waals surface area contributed by atoms with Crippen LogP contribution in [-0.4, -0.2) is 80.2 Å². The largest absolute Gasteiger partial charge is 0.380 e. The summed E-state index contributed by atoms with van der Waals surface area (Å²) in [5.41, 5.74) is 0.718. The minimum Gasteiger partial charge on any atom is -0.380 e. The number of nitrogens with one attached hydrogen (secondary N) is 1. The van der Waals surface area contributed by atoms with Crippen molar-refractivity contribution >= 4 is 21.8 Å². The maximum atomic E-state index is 13.2. The molecule has 2 atom stereocenters. The van der Waals surface area contributed by atoms with Crippen LogP contribution in [0.2, 0.25) is 0 Å². The molecule has 1 saturated heterocycles. The number of hydrogen-bond acceptors (Lipinski definition) is 7. The van der Waals surface area contributed by atoms with Crippen LogP contribution in [0.1, 0.15) is 47.5 Å². The van der Waals surface area contributed by atoms with Gasteiger partial charge in [-0.3, -0.25) is 9.59 Å². The first-order valence-electron chi connectivity index (χ1n) is 10.2. The molecule has 1 N–H and O–H groups in total. The van der Waals surface area contributed by atoms with E-state index in [4.69, 9.17) is 9.26 Å². The van der Waals surface area contributed by atoms with Crippen molar-refractivity contribution in [2.24, 2.45) is 5.92 Å². The quantitative estimate of drug-likeness (QED) is 0.721. The Morgan fingerprint density at radius 3 is 2.70 bits per heavy atom. The number of ether oxygens (including phenoxy) is 1. The molecule has 3 rings (SSSR count). The zero-order valence-electron chi connectivity index (χ0n) is 17.7. The molecule has 2 unspecified atom stereocenters. The minimum atomic E-state index is -3.55. The van der Waals surface area contributed by atoms with E-state index < -0.39 is 10.0 Å². The number of amides is 2. The summed E-state index contributed by atoms with van der Waals surface area (Å²) in [6.07, 6.45) is 4.25. The second kappa shape index (κ2) is 9.44. The second-order valence-corrected chi connectivity index (χ2v) is 9.85.